The quantitative estimate of drug-likeness (QED) is 0.557. The minimum absolute atomic E-state index is 0.0391. The number of anilines is 3. The van der Waals surface area contributed by atoms with E-state index in [1.807, 2.05) is 18.2 Å². The van der Waals surface area contributed by atoms with Gasteiger partial charge in [0.15, 0.2) is 11.5 Å². The molecule has 7 nitrogen and oxygen atoms in total. The van der Waals surface area contributed by atoms with Crippen LogP contribution in [0, 0.1) is 0 Å². The molecule has 0 fully saturated rings. The minimum Gasteiger partial charge on any atom is -0.454 e. The predicted octanol–water partition coefficient (Wildman–Crippen LogP) is 4.03. The Balaban J connectivity index is 1.41. The topological polar surface area (TPSA) is 94.3 Å². The molecule has 0 amide bonds. The van der Waals surface area contributed by atoms with Gasteiger partial charge in [0.1, 0.15) is 11.6 Å². The summed E-state index contributed by atoms with van der Waals surface area (Å²) in [7, 11) is 0. The van der Waals surface area contributed by atoms with Crippen molar-refractivity contribution in [3.63, 3.8) is 0 Å². The van der Waals surface area contributed by atoms with Gasteiger partial charge in [0.2, 0.25) is 12.7 Å². The zero-order valence-electron chi connectivity index (χ0n) is 15.7. The van der Waals surface area contributed by atoms with Crippen LogP contribution in [0.2, 0.25) is 0 Å². The van der Waals surface area contributed by atoms with Crippen LogP contribution in [-0.2, 0) is 19.3 Å². The number of aromatic nitrogens is 2. The van der Waals surface area contributed by atoms with E-state index in [0.29, 0.717) is 35.2 Å². The standard InChI is InChI=1S/C20H18F3N5O2/c21-20(22,23)14-3-1-2-12(6-14)9-25-17-8-18(28-19(24)27-17)26-10-13-4-5-15-16(7-13)30-11-29-15/h1-8H,9-11H2,(H4,24,25,26,27,28). The van der Waals surface area contributed by atoms with Crippen molar-refractivity contribution >= 4 is 17.6 Å². The van der Waals surface area contributed by atoms with E-state index in [4.69, 9.17) is 15.2 Å². The van der Waals surface area contributed by atoms with E-state index >= 15 is 0 Å². The third-order valence-corrected chi connectivity index (χ3v) is 4.38. The number of halogens is 3. The van der Waals surface area contributed by atoms with Crippen LogP contribution < -0.4 is 25.8 Å². The molecule has 4 rings (SSSR count). The maximum atomic E-state index is 12.9. The lowest BCUT2D eigenvalue weighted by Gasteiger charge is -2.12. The second kappa shape index (κ2) is 7.97. The number of hydrogen-bond acceptors (Lipinski definition) is 7. The third-order valence-electron chi connectivity index (χ3n) is 4.38. The molecule has 0 unspecified atom stereocenters. The van der Waals surface area contributed by atoms with Gasteiger partial charge in [0, 0.05) is 19.2 Å². The fourth-order valence-corrected chi connectivity index (χ4v) is 2.94. The number of nitrogens with zero attached hydrogens (tertiary/aromatic N) is 2. The Morgan fingerprint density at radius 2 is 1.53 bits per heavy atom. The average molecular weight is 417 g/mol. The minimum atomic E-state index is -4.39. The molecule has 4 N–H and O–H groups in total. The van der Waals surface area contributed by atoms with Gasteiger partial charge in [-0.3, -0.25) is 0 Å². The summed E-state index contributed by atoms with van der Waals surface area (Å²) < 4.78 is 49.2. The lowest BCUT2D eigenvalue weighted by Crippen LogP contribution is -2.09. The molecular formula is C20H18F3N5O2. The summed E-state index contributed by atoms with van der Waals surface area (Å²) in [5, 5.41) is 6.12. The van der Waals surface area contributed by atoms with Gasteiger partial charge in [-0.25, -0.2) is 0 Å². The van der Waals surface area contributed by atoms with Crippen molar-refractivity contribution in [3.05, 3.63) is 65.2 Å². The zero-order chi connectivity index (χ0) is 21.1. The summed E-state index contributed by atoms with van der Waals surface area (Å²) in [6, 6.07) is 12.3. The number of nitrogen functional groups attached to an aromatic ring is 1. The Bertz CT molecular complexity index is 1060. The van der Waals surface area contributed by atoms with Crippen molar-refractivity contribution in [1.29, 1.82) is 0 Å². The van der Waals surface area contributed by atoms with E-state index in [1.54, 1.807) is 12.1 Å². The number of hydrogen-bond donors (Lipinski definition) is 3. The molecule has 1 aliphatic heterocycles. The van der Waals surface area contributed by atoms with Crippen LogP contribution in [0.5, 0.6) is 11.5 Å². The first kappa shape index (κ1) is 19.6. The summed E-state index contributed by atoms with van der Waals surface area (Å²) in [5.74, 6) is 2.29. The molecule has 0 aliphatic carbocycles. The molecule has 0 saturated heterocycles. The number of ether oxygens (including phenoxy) is 2. The highest BCUT2D eigenvalue weighted by molar-refractivity contribution is 5.52. The van der Waals surface area contributed by atoms with Gasteiger partial charge in [-0.1, -0.05) is 18.2 Å². The van der Waals surface area contributed by atoms with Gasteiger partial charge < -0.3 is 25.8 Å². The van der Waals surface area contributed by atoms with E-state index < -0.39 is 11.7 Å². The van der Waals surface area contributed by atoms with Gasteiger partial charge in [-0.2, -0.15) is 23.1 Å². The zero-order valence-corrected chi connectivity index (χ0v) is 15.7. The molecule has 2 aromatic carbocycles. The predicted molar refractivity (Wildman–Crippen MR) is 105 cm³/mol. The SMILES string of the molecule is Nc1nc(NCc2cccc(C(F)(F)F)c2)cc(NCc2ccc3c(c2)OCO3)n1. The Morgan fingerprint density at radius 1 is 0.867 bits per heavy atom. The van der Waals surface area contributed by atoms with Gasteiger partial charge in [0.25, 0.3) is 0 Å². The molecule has 0 radical (unpaired) electrons. The molecule has 1 aromatic heterocycles. The lowest BCUT2D eigenvalue weighted by atomic mass is 10.1. The van der Waals surface area contributed by atoms with Gasteiger partial charge in [-0.15, -0.1) is 0 Å². The normalized spacial score (nSPS) is 12.6. The molecule has 3 aromatic rings. The van der Waals surface area contributed by atoms with Crippen LogP contribution >= 0.6 is 0 Å². The van der Waals surface area contributed by atoms with E-state index in [2.05, 4.69) is 20.6 Å². The first-order chi connectivity index (χ1) is 14.4. The van der Waals surface area contributed by atoms with Crippen molar-refractivity contribution in [2.45, 2.75) is 19.3 Å². The molecule has 156 valence electrons. The molecule has 30 heavy (non-hydrogen) atoms. The number of fused-ring (bicyclic) bond motifs is 1. The molecule has 0 spiro atoms. The summed E-state index contributed by atoms with van der Waals surface area (Å²) in [4.78, 5) is 8.21. The number of nitrogens with two attached hydrogens (primary N) is 1. The number of nitrogens with one attached hydrogen (secondary N) is 2. The lowest BCUT2D eigenvalue weighted by molar-refractivity contribution is -0.137. The maximum Gasteiger partial charge on any atom is 0.416 e. The van der Waals surface area contributed by atoms with Crippen molar-refractivity contribution < 1.29 is 22.6 Å². The number of benzene rings is 2. The van der Waals surface area contributed by atoms with Crippen LogP contribution in [-0.4, -0.2) is 16.8 Å². The number of rotatable bonds is 6. The Labute approximate surface area is 170 Å². The van der Waals surface area contributed by atoms with Crippen LogP contribution in [0.15, 0.2) is 48.5 Å². The Morgan fingerprint density at radius 3 is 2.23 bits per heavy atom. The van der Waals surface area contributed by atoms with E-state index in [0.717, 1.165) is 17.7 Å². The van der Waals surface area contributed by atoms with Gasteiger partial charge in [-0.05, 0) is 35.4 Å². The van der Waals surface area contributed by atoms with Crippen LogP contribution in [0.25, 0.3) is 0 Å². The van der Waals surface area contributed by atoms with Crippen molar-refractivity contribution in [1.82, 2.24) is 9.97 Å². The highest BCUT2D eigenvalue weighted by Crippen LogP contribution is 2.33. The highest BCUT2D eigenvalue weighted by Gasteiger charge is 2.30. The molecule has 0 atom stereocenters. The molecule has 1 aliphatic rings. The van der Waals surface area contributed by atoms with Crippen LogP contribution in [0.3, 0.4) is 0 Å². The van der Waals surface area contributed by atoms with Gasteiger partial charge in [0.05, 0.1) is 5.56 Å². The van der Waals surface area contributed by atoms with Crippen molar-refractivity contribution in [3.8, 4) is 11.5 Å². The third kappa shape index (κ3) is 4.65. The second-order valence-electron chi connectivity index (χ2n) is 6.59. The first-order valence-corrected chi connectivity index (χ1v) is 9.04. The van der Waals surface area contributed by atoms with E-state index in [9.17, 15) is 13.2 Å². The second-order valence-corrected chi connectivity index (χ2v) is 6.59. The first-order valence-electron chi connectivity index (χ1n) is 9.04. The highest BCUT2D eigenvalue weighted by atomic mass is 19.4. The maximum absolute atomic E-state index is 12.9. The summed E-state index contributed by atoms with van der Waals surface area (Å²) >= 11 is 0. The molecule has 10 heteroatoms. The number of alkyl halides is 3. The molecule has 0 saturated carbocycles. The monoisotopic (exact) mass is 417 g/mol. The smallest absolute Gasteiger partial charge is 0.416 e. The summed E-state index contributed by atoms with van der Waals surface area (Å²) in [6.07, 6.45) is -4.39. The van der Waals surface area contributed by atoms with Crippen LogP contribution in [0.1, 0.15) is 16.7 Å². The van der Waals surface area contributed by atoms with Gasteiger partial charge >= 0.3 is 6.18 Å². The fourth-order valence-electron chi connectivity index (χ4n) is 2.94. The largest absolute Gasteiger partial charge is 0.454 e. The summed E-state index contributed by atoms with van der Waals surface area (Å²) in [5.41, 5.74) is 6.49. The van der Waals surface area contributed by atoms with Crippen LogP contribution in [0.4, 0.5) is 30.8 Å². The molecule has 0 bridgehead atoms. The van der Waals surface area contributed by atoms with E-state index in [-0.39, 0.29) is 19.3 Å². The average Bonchev–Trinajstić information content (AvgIpc) is 3.18. The molecule has 2 heterocycles. The molecular weight excluding hydrogens is 399 g/mol. The van der Waals surface area contributed by atoms with E-state index in [1.165, 1.54) is 6.07 Å². The Hall–Kier alpha value is -3.69. The Kier molecular flexibility index (Phi) is 5.21. The fraction of sp³-hybridized carbons (Fsp3) is 0.200. The van der Waals surface area contributed by atoms with Crippen molar-refractivity contribution in [2.75, 3.05) is 23.2 Å². The summed E-state index contributed by atoms with van der Waals surface area (Å²) in [6.45, 7) is 0.817. The van der Waals surface area contributed by atoms with Crippen molar-refractivity contribution in [2.24, 2.45) is 0 Å².